The maximum atomic E-state index is 9.74. The van der Waals surface area contributed by atoms with E-state index in [1.54, 1.807) is 0 Å². The Balaban J connectivity index is 2.37. The minimum absolute atomic E-state index is 0.211. The number of aliphatic hydroxyl groups is 1. The predicted octanol–water partition coefficient (Wildman–Crippen LogP) is 2.76. The van der Waals surface area contributed by atoms with Crippen molar-refractivity contribution in [3.63, 3.8) is 0 Å². The number of rotatable bonds is 3. The molecule has 2 aromatic rings. The third-order valence-electron chi connectivity index (χ3n) is 2.45. The van der Waals surface area contributed by atoms with E-state index in [4.69, 9.17) is 17.3 Å². The highest BCUT2D eigenvalue weighted by Gasteiger charge is 2.15. The Morgan fingerprint density at radius 2 is 2.06 bits per heavy atom. The molecule has 0 spiro atoms. The summed E-state index contributed by atoms with van der Waals surface area (Å²) in [5.74, 6) is 0. The number of benzene rings is 1. The Bertz CT molecular complexity index is 510. The molecule has 1 aromatic carbocycles. The number of halogens is 1. The number of thiazole rings is 1. The van der Waals surface area contributed by atoms with Crippen molar-refractivity contribution in [3.05, 3.63) is 39.9 Å². The van der Waals surface area contributed by atoms with E-state index >= 15 is 0 Å². The van der Waals surface area contributed by atoms with Crippen molar-refractivity contribution in [2.24, 2.45) is 5.73 Å². The largest absolute Gasteiger partial charge is 0.386 e. The van der Waals surface area contributed by atoms with Crippen LogP contribution in [0.1, 0.15) is 16.7 Å². The van der Waals surface area contributed by atoms with E-state index in [0.717, 1.165) is 21.1 Å². The number of aryl methyl sites for hydroxylation is 1. The van der Waals surface area contributed by atoms with Crippen LogP contribution in [0.3, 0.4) is 0 Å². The van der Waals surface area contributed by atoms with Crippen LogP contribution in [-0.4, -0.2) is 16.6 Å². The predicted molar refractivity (Wildman–Crippen MR) is 71.3 cm³/mol. The monoisotopic (exact) mass is 268 g/mol. The van der Waals surface area contributed by atoms with Crippen molar-refractivity contribution in [2.75, 3.05) is 6.54 Å². The van der Waals surface area contributed by atoms with Crippen LogP contribution in [0, 0.1) is 6.92 Å². The van der Waals surface area contributed by atoms with Crippen LogP contribution in [0.5, 0.6) is 0 Å². The van der Waals surface area contributed by atoms with Crippen molar-refractivity contribution in [1.82, 2.24) is 4.98 Å². The van der Waals surface area contributed by atoms with Gasteiger partial charge < -0.3 is 10.8 Å². The molecule has 17 heavy (non-hydrogen) atoms. The zero-order chi connectivity index (χ0) is 12.4. The fourth-order valence-electron chi connectivity index (χ4n) is 1.54. The van der Waals surface area contributed by atoms with Crippen molar-refractivity contribution >= 4 is 22.9 Å². The first-order chi connectivity index (χ1) is 8.11. The van der Waals surface area contributed by atoms with E-state index in [2.05, 4.69) is 4.98 Å². The van der Waals surface area contributed by atoms with E-state index in [1.165, 1.54) is 11.3 Å². The lowest BCUT2D eigenvalue weighted by atomic mass is 10.2. The molecule has 0 amide bonds. The van der Waals surface area contributed by atoms with Crippen LogP contribution in [0.25, 0.3) is 10.6 Å². The van der Waals surface area contributed by atoms with Gasteiger partial charge in [-0.3, -0.25) is 0 Å². The Morgan fingerprint density at radius 3 is 2.65 bits per heavy atom. The van der Waals surface area contributed by atoms with Crippen molar-refractivity contribution in [1.29, 1.82) is 0 Å². The van der Waals surface area contributed by atoms with Gasteiger partial charge in [0.15, 0.2) is 0 Å². The molecule has 0 aliphatic carbocycles. The third kappa shape index (κ3) is 2.66. The molecular formula is C12H13ClN2OS. The lowest BCUT2D eigenvalue weighted by molar-refractivity contribution is 0.189. The summed E-state index contributed by atoms with van der Waals surface area (Å²) in [7, 11) is 0. The van der Waals surface area contributed by atoms with Crippen molar-refractivity contribution < 1.29 is 5.11 Å². The van der Waals surface area contributed by atoms with E-state index in [9.17, 15) is 5.11 Å². The first-order valence-corrected chi connectivity index (χ1v) is 6.42. The molecule has 1 unspecified atom stereocenters. The van der Waals surface area contributed by atoms with Gasteiger partial charge in [-0.25, -0.2) is 4.98 Å². The molecule has 3 nitrogen and oxygen atoms in total. The first kappa shape index (κ1) is 12.5. The molecule has 1 aromatic heterocycles. The molecule has 0 fully saturated rings. The molecule has 1 heterocycles. The van der Waals surface area contributed by atoms with Gasteiger partial charge in [-0.15, -0.1) is 11.3 Å². The van der Waals surface area contributed by atoms with Crippen LogP contribution in [0.15, 0.2) is 24.3 Å². The van der Waals surface area contributed by atoms with Crippen LogP contribution in [-0.2, 0) is 0 Å². The standard InChI is InChI=1S/C12H13ClN2OS/c1-7-11(10(16)6-14)17-12(15-7)8-2-4-9(13)5-3-8/h2-5,10,16H,6,14H2,1H3. The van der Waals surface area contributed by atoms with Gasteiger partial charge in [0.2, 0.25) is 0 Å². The average molecular weight is 269 g/mol. The maximum absolute atomic E-state index is 9.74. The summed E-state index contributed by atoms with van der Waals surface area (Å²) in [6.45, 7) is 2.09. The molecule has 0 aliphatic rings. The zero-order valence-corrected chi connectivity index (χ0v) is 10.9. The Hall–Kier alpha value is -0.940. The molecule has 1 atom stereocenters. The summed E-state index contributed by atoms with van der Waals surface area (Å²) in [4.78, 5) is 5.27. The lowest BCUT2D eigenvalue weighted by Crippen LogP contribution is -2.10. The molecule has 0 bridgehead atoms. The topological polar surface area (TPSA) is 59.1 Å². The second-order valence-electron chi connectivity index (χ2n) is 3.73. The van der Waals surface area contributed by atoms with E-state index < -0.39 is 6.10 Å². The molecule has 0 saturated carbocycles. The van der Waals surface area contributed by atoms with Crippen LogP contribution in [0.2, 0.25) is 5.02 Å². The average Bonchev–Trinajstić information content (AvgIpc) is 2.71. The molecule has 0 radical (unpaired) electrons. The van der Waals surface area contributed by atoms with Crippen LogP contribution in [0.4, 0.5) is 0 Å². The highest BCUT2D eigenvalue weighted by atomic mass is 35.5. The fourth-order valence-corrected chi connectivity index (χ4v) is 2.74. The minimum Gasteiger partial charge on any atom is -0.386 e. The van der Waals surface area contributed by atoms with E-state index in [-0.39, 0.29) is 6.54 Å². The molecule has 0 saturated heterocycles. The second kappa shape index (κ2) is 5.14. The SMILES string of the molecule is Cc1nc(-c2ccc(Cl)cc2)sc1C(O)CN. The smallest absolute Gasteiger partial charge is 0.123 e. The van der Waals surface area contributed by atoms with Gasteiger partial charge in [0.05, 0.1) is 10.6 Å². The third-order valence-corrected chi connectivity index (χ3v) is 4.01. The second-order valence-corrected chi connectivity index (χ2v) is 5.19. The van der Waals surface area contributed by atoms with Crippen molar-refractivity contribution in [3.8, 4) is 10.6 Å². The fraction of sp³-hybridized carbons (Fsp3) is 0.250. The van der Waals surface area contributed by atoms with Gasteiger partial charge in [0.1, 0.15) is 11.1 Å². The number of hydrogen-bond donors (Lipinski definition) is 2. The number of nitrogens with two attached hydrogens (primary N) is 1. The van der Waals surface area contributed by atoms with Gasteiger partial charge in [0, 0.05) is 17.1 Å². The molecule has 3 N–H and O–H groups in total. The minimum atomic E-state index is -0.631. The van der Waals surface area contributed by atoms with Crippen molar-refractivity contribution in [2.45, 2.75) is 13.0 Å². The zero-order valence-electron chi connectivity index (χ0n) is 9.35. The van der Waals surface area contributed by atoms with E-state index in [1.807, 2.05) is 31.2 Å². The van der Waals surface area contributed by atoms with Gasteiger partial charge in [0.25, 0.3) is 0 Å². The summed E-state index contributed by atoms with van der Waals surface area (Å²) in [6.07, 6.45) is -0.631. The molecular weight excluding hydrogens is 256 g/mol. The van der Waals surface area contributed by atoms with Gasteiger partial charge in [-0.1, -0.05) is 23.7 Å². The van der Waals surface area contributed by atoms with E-state index in [0.29, 0.717) is 5.02 Å². The molecule has 5 heteroatoms. The molecule has 90 valence electrons. The number of hydrogen-bond acceptors (Lipinski definition) is 4. The summed E-state index contributed by atoms with van der Waals surface area (Å²) >= 11 is 7.30. The summed E-state index contributed by atoms with van der Waals surface area (Å²) in [5, 5.41) is 11.3. The number of aromatic nitrogens is 1. The van der Waals surface area contributed by atoms with Gasteiger partial charge in [-0.05, 0) is 19.1 Å². The highest BCUT2D eigenvalue weighted by molar-refractivity contribution is 7.15. The first-order valence-electron chi connectivity index (χ1n) is 5.23. The summed E-state index contributed by atoms with van der Waals surface area (Å²) < 4.78 is 0. The molecule has 0 aliphatic heterocycles. The number of aliphatic hydroxyl groups excluding tert-OH is 1. The summed E-state index contributed by atoms with van der Waals surface area (Å²) in [5.41, 5.74) is 7.28. The van der Waals surface area contributed by atoms with Crippen LogP contribution >= 0.6 is 22.9 Å². The molecule has 2 rings (SSSR count). The quantitative estimate of drug-likeness (QED) is 0.900. The Labute approximate surface area is 109 Å². The van der Waals surface area contributed by atoms with Gasteiger partial charge in [-0.2, -0.15) is 0 Å². The van der Waals surface area contributed by atoms with Gasteiger partial charge >= 0.3 is 0 Å². The Morgan fingerprint density at radius 1 is 1.41 bits per heavy atom. The highest BCUT2D eigenvalue weighted by Crippen LogP contribution is 2.31. The maximum Gasteiger partial charge on any atom is 0.123 e. The summed E-state index contributed by atoms with van der Waals surface area (Å²) in [6, 6.07) is 7.48. The normalized spacial score (nSPS) is 12.7. The number of nitrogens with zero attached hydrogens (tertiary/aromatic N) is 1. The Kier molecular flexibility index (Phi) is 3.79. The lowest BCUT2D eigenvalue weighted by Gasteiger charge is -2.03. The van der Waals surface area contributed by atoms with Crippen LogP contribution < -0.4 is 5.73 Å².